The third-order valence-electron chi connectivity index (χ3n) is 4.17. The first-order valence-corrected chi connectivity index (χ1v) is 8.41. The van der Waals surface area contributed by atoms with Crippen molar-refractivity contribution in [2.75, 3.05) is 13.2 Å². The van der Waals surface area contributed by atoms with Crippen LogP contribution in [0.1, 0.15) is 29.0 Å². The minimum absolute atomic E-state index is 0.0479. The zero-order valence-corrected chi connectivity index (χ0v) is 14.6. The molecule has 1 aromatic heterocycles. The van der Waals surface area contributed by atoms with Gasteiger partial charge >= 0.3 is 6.36 Å². The van der Waals surface area contributed by atoms with Gasteiger partial charge in [-0.2, -0.15) is 0 Å². The minimum Gasteiger partial charge on any atom is -0.406 e. The summed E-state index contributed by atoms with van der Waals surface area (Å²) >= 11 is 0. The van der Waals surface area contributed by atoms with E-state index in [-0.39, 0.29) is 30.1 Å². The first-order chi connectivity index (χ1) is 12.8. The Balaban J connectivity index is 1.83. The quantitative estimate of drug-likeness (QED) is 0.793. The zero-order chi connectivity index (χ0) is 19.4. The molecule has 0 radical (unpaired) electrons. The number of halogens is 3. The average molecular weight is 384 g/mol. The van der Waals surface area contributed by atoms with Crippen molar-refractivity contribution >= 4 is 5.91 Å². The number of amides is 1. The molecule has 2 heterocycles. The number of nitrogens with zero attached hydrogens (tertiary/aromatic N) is 4. The van der Waals surface area contributed by atoms with Crippen molar-refractivity contribution in [3.8, 4) is 5.75 Å². The number of alkyl halides is 3. The third kappa shape index (κ3) is 5.19. The maximum Gasteiger partial charge on any atom is 0.573 e. The van der Waals surface area contributed by atoms with E-state index >= 15 is 0 Å². The Morgan fingerprint density at radius 3 is 2.74 bits per heavy atom. The fourth-order valence-corrected chi connectivity index (χ4v) is 2.97. The molecule has 7 nitrogen and oxygen atoms in total. The highest BCUT2D eigenvalue weighted by molar-refractivity contribution is 5.90. The number of aromatic nitrogens is 3. The lowest BCUT2D eigenvalue weighted by Gasteiger charge is -2.33. The summed E-state index contributed by atoms with van der Waals surface area (Å²) in [5, 5.41) is 4.04. The summed E-state index contributed by atoms with van der Waals surface area (Å²) in [7, 11) is 1.65. The number of carbonyl (C=O) groups excluding carboxylic acids is 1. The van der Waals surface area contributed by atoms with E-state index in [0.717, 1.165) is 0 Å². The van der Waals surface area contributed by atoms with Gasteiger partial charge in [0.1, 0.15) is 12.1 Å². The summed E-state index contributed by atoms with van der Waals surface area (Å²) < 4.78 is 48.1. The van der Waals surface area contributed by atoms with Crippen LogP contribution in [0.25, 0.3) is 0 Å². The van der Waals surface area contributed by atoms with Gasteiger partial charge in [0, 0.05) is 32.8 Å². The molecule has 0 N–H and O–H groups in total. The first kappa shape index (κ1) is 19.2. The number of rotatable bonds is 5. The SMILES string of the molecule is Cn1cnc(C(=O)N(Cc2cccc(OC(F)(F)F)c2)C2CCOCC2)n1. The number of aryl methyl sites for hydroxylation is 1. The Morgan fingerprint density at radius 1 is 1.37 bits per heavy atom. The van der Waals surface area contributed by atoms with Gasteiger partial charge in [-0.05, 0) is 30.5 Å². The first-order valence-electron chi connectivity index (χ1n) is 8.41. The lowest BCUT2D eigenvalue weighted by atomic mass is 10.1. The molecule has 1 aliphatic heterocycles. The standard InChI is InChI=1S/C17H19F3N4O3/c1-23-11-21-15(22-23)16(25)24(13-5-7-26-8-6-13)10-12-3-2-4-14(9-12)27-17(18,19)20/h2-4,9,11,13H,5-8,10H2,1H3. The molecule has 0 aliphatic carbocycles. The molecule has 0 bridgehead atoms. The van der Waals surface area contributed by atoms with Crippen molar-refractivity contribution in [1.29, 1.82) is 0 Å². The highest BCUT2D eigenvalue weighted by Crippen LogP contribution is 2.25. The van der Waals surface area contributed by atoms with E-state index in [4.69, 9.17) is 4.74 Å². The predicted molar refractivity (Wildman–Crippen MR) is 87.8 cm³/mol. The molecule has 0 spiro atoms. The second kappa shape index (κ2) is 7.95. The van der Waals surface area contributed by atoms with Crippen molar-refractivity contribution in [3.05, 3.63) is 42.0 Å². The topological polar surface area (TPSA) is 69.5 Å². The lowest BCUT2D eigenvalue weighted by Crippen LogP contribution is -2.43. The predicted octanol–water partition coefficient (Wildman–Crippen LogP) is 2.54. The summed E-state index contributed by atoms with van der Waals surface area (Å²) in [5.74, 6) is -0.647. The Kier molecular flexibility index (Phi) is 5.64. The number of hydrogen-bond acceptors (Lipinski definition) is 5. The van der Waals surface area contributed by atoms with Gasteiger partial charge in [0.25, 0.3) is 5.91 Å². The van der Waals surface area contributed by atoms with Crippen LogP contribution >= 0.6 is 0 Å². The Morgan fingerprint density at radius 2 is 2.11 bits per heavy atom. The number of carbonyl (C=O) groups is 1. The van der Waals surface area contributed by atoms with Gasteiger partial charge in [0.2, 0.25) is 5.82 Å². The summed E-state index contributed by atoms with van der Waals surface area (Å²) in [6.07, 6.45) is -2.07. The zero-order valence-electron chi connectivity index (χ0n) is 14.6. The molecule has 1 fully saturated rings. The summed E-state index contributed by atoms with van der Waals surface area (Å²) in [5.41, 5.74) is 0.521. The van der Waals surface area contributed by atoms with E-state index in [1.165, 1.54) is 29.2 Å². The smallest absolute Gasteiger partial charge is 0.406 e. The Labute approximate surface area is 153 Å². The molecule has 27 heavy (non-hydrogen) atoms. The maximum atomic E-state index is 12.9. The molecule has 1 saturated heterocycles. The van der Waals surface area contributed by atoms with Crippen LogP contribution in [-0.2, 0) is 18.3 Å². The highest BCUT2D eigenvalue weighted by Gasteiger charge is 2.32. The summed E-state index contributed by atoms with van der Waals surface area (Å²) in [6, 6.07) is 5.50. The molecule has 1 aromatic carbocycles. The molecular weight excluding hydrogens is 365 g/mol. The van der Waals surface area contributed by atoms with Crippen LogP contribution in [0, 0.1) is 0 Å². The van der Waals surface area contributed by atoms with Crippen molar-refractivity contribution < 1.29 is 27.4 Å². The van der Waals surface area contributed by atoms with E-state index in [1.54, 1.807) is 18.0 Å². The van der Waals surface area contributed by atoms with Crippen LogP contribution in [0.2, 0.25) is 0 Å². The third-order valence-corrected chi connectivity index (χ3v) is 4.17. The highest BCUT2D eigenvalue weighted by atomic mass is 19.4. The fraction of sp³-hybridized carbons (Fsp3) is 0.471. The summed E-state index contributed by atoms with van der Waals surface area (Å²) in [6.45, 7) is 1.15. The normalized spacial score (nSPS) is 15.6. The second-order valence-electron chi connectivity index (χ2n) is 6.21. The van der Waals surface area contributed by atoms with Gasteiger partial charge < -0.3 is 14.4 Å². The Hall–Kier alpha value is -2.62. The van der Waals surface area contributed by atoms with Crippen LogP contribution in [0.5, 0.6) is 5.75 Å². The van der Waals surface area contributed by atoms with E-state index in [2.05, 4.69) is 14.8 Å². The van der Waals surface area contributed by atoms with Gasteiger partial charge in [0.15, 0.2) is 0 Å². The molecule has 0 atom stereocenters. The molecule has 146 valence electrons. The number of ether oxygens (including phenoxy) is 2. The Bertz CT molecular complexity index is 788. The number of benzene rings is 1. The minimum atomic E-state index is -4.77. The fourth-order valence-electron chi connectivity index (χ4n) is 2.97. The molecule has 1 aliphatic rings. The largest absolute Gasteiger partial charge is 0.573 e. The van der Waals surface area contributed by atoms with E-state index in [0.29, 0.717) is 31.6 Å². The molecule has 0 saturated carbocycles. The maximum absolute atomic E-state index is 12.9. The van der Waals surface area contributed by atoms with Crippen LogP contribution in [0.15, 0.2) is 30.6 Å². The van der Waals surface area contributed by atoms with Crippen LogP contribution in [-0.4, -0.2) is 51.2 Å². The number of hydrogen-bond donors (Lipinski definition) is 0. The summed E-state index contributed by atoms with van der Waals surface area (Å²) in [4.78, 5) is 18.5. The van der Waals surface area contributed by atoms with Crippen LogP contribution < -0.4 is 4.74 Å². The monoisotopic (exact) mass is 384 g/mol. The molecule has 1 amide bonds. The van der Waals surface area contributed by atoms with Crippen molar-refractivity contribution in [1.82, 2.24) is 19.7 Å². The van der Waals surface area contributed by atoms with Gasteiger partial charge in [-0.15, -0.1) is 18.3 Å². The lowest BCUT2D eigenvalue weighted by molar-refractivity contribution is -0.274. The van der Waals surface area contributed by atoms with Crippen molar-refractivity contribution in [3.63, 3.8) is 0 Å². The van der Waals surface area contributed by atoms with E-state index in [1.807, 2.05) is 0 Å². The van der Waals surface area contributed by atoms with Gasteiger partial charge in [0.05, 0.1) is 0 Å². The second-order valence-corrected chi connectivity index (χ2v) is 6.21. The molecule has 2 aromatic rings. The van der Waals surface area contributed by atoms with Crippen LogP contribution in [0.4, 0.5) is 13.2 Å². The van der Waals surface area contributed by atoms with Gasteiger partial charge in [-0.25, -0.2) is 4.98 Å². The average Bonchev–Trinajstić information content (AvgIpc) is 3.05. The van der Waals surface area contributed by atoms with Crippen molar-refractivity contribution in [2.45, 2.75) is 31.8 Å². The van der Waals surface area contributed by atoms with Crippen LogP contribution in [0.3, 0.4) is 0 Å². The van der Waals surface area contributed by atoms with E-state index < -0.39 is 6.36 Å². The van der Waals surface area contributed by atoms with E-state index in [9.17, 15) is 18.0 Å². The van der Waals surface area contributed by atoms with Gasteiger partial charge in [-0.3, -0.25) is 9.48 Å². The molecular formula is C17H19F3N4O3. The van der Waals surface area contributed by atoms with Gasteiger partial charge in [-0.1, -0.05) is 12.1 Å². The molecule has 0 unspecified atom stereocenters. The molecule has 10 heteroatoms. The molecule has 3 rings (SSSR count). The van der Waals surface area contributed by atoms with Crippen molar-refractivity contribution in [2.24, 2.45) is 7.05 Å².